The van der Waals surface area contributed by atoms with E-state index in [9.17, 15) is 18.0 Å². The van der Waals surface area contributed by atoms with Gasteiger partial charge in [0.05, 0.1) is 22.9 Å². The molecule has 156 valence electrons. The zero-order valence-electron chi connectivity index (χ0n) is 16.0. The molecule has 0 saturated carbocycles. The predicted octanol–water partition coefficient (Wildman–Crippen LogP) is 1.41. The zero-order valence-corrected chi connectivity index (χ0v) is 17.7. The van der Waals surface area contributed by atoms with Crippen molar-refractivity contribution >= 4 is 33.2 Å². The summed E-state index contributed by atoms with van der Waals surface area (Å²) in [6, 6.07) is 9.77. The third-order valence-electron chi connectivity index (χ3n) is 4.51. The second kappa shape index (κ2) is 9.38. The van der Waals surface area contributed by atoms with E-state index < -0.39 is 10.0 Å². The fraction of sp³-hybridized carbons (Fsp3) is 0.368. The van der Waals surface area contributed by atoms with Crippen LogP contribution in [0.3, 0.4) is 0 Å². The van der Waals surface area contributed by atoms with E-state index in [2.05, 4.69) is 5.32 Å². The number of piperazine rings is 1. The molecule has 2 aromatic rings. The van der Waals surface area contributed by atoms with Crippen LogP contribution in [0.15, 0.2) is 46.7 Å². The molecule has 0 radical (unpaired) electrons. The van der Waals surface area contributed by atoms with Crippen LogP contribution in [0.4, 0.5) is 0 Å². The van der Waals surface area contributed by atoms with Gasteiger partial charge in [0.25, 0.3) is 5.91 Å². The highest BCUT2D eigenvalue weighted by atomic mass is 32.2. The van der Waals surface area contributed by atoms with E-state index in [-0.39, 0.29) is 49.4 Å². The lowest BCUT2D eigenvalue weighted by Gasteiger charge is -2.34. The van der Waals surface area contributed by atoms with Crippen molar-refractivity contribution in [3.8, 4) is 5.75 Å². The summed E-state index contributed by atoms with van der Waals surface area (Å²) in [4.78, 5) is 26.6. The molecule has 2 amide bonds. The van der Waals surface area contributed by atoms with Crippen molar-refractivity contribution < 1.29 is 22.7 Å². The molecule has 0 bridgehead atoms. The molecule has 10 heteroatoms. The van der Waals surface area contributed by atoms with Crippen molar-refractivity contribution in [2.75, 3.05) is 39.3 Å². The second-order valence-electron chi connectivity index (χ2n) is 6.35. The molecule has 1 saturated heterocycles. The SMILES string of the molecule is CCOc1ccc(S(=O)(=O)N2CCN(C(=O)CNC(=O)c3cccs3)CC2)cc1. The zero-order chi connectivity index (χ0) is 20.9. The van der Waals surface area contributed by atoms with Gasteiger partial charge in [0.15, 0.2) is 0 Å². The maximum atomic E-state index is 12.8. The molecular formula is C19H23N3O5S2. The summed E-state index contributed by atoms with van der Waals surface area (Å²) in [6.07, 6.45) is 0. The summed E-state index contributed by atoms with van der Waals surface area (Å²) in [7, 11) is -3.63. The standard InChI is InChI=1S/C19H23N3O5S2/c1-2-27-15-5-7-16(8-6-15)29(25,26)22-11-9-21(10-12-22)18(23)14-20-19(24)17-4-3-13-28-17/h3-8,13H,2,9-12,14H2,1H3,(H,20,24). The first-order valence-corrected chi connectivity index (χ1v) is 11.6. The van der Waals surface area contributed by atoms with E-state index in [4.69, 9.17) is 4.74 Å². The van der Waals surface area contributed by atoms with E-state index >= 15 is 0 Å². The van der Waals surface area contributed by atoms with Gasteiger partial charge in [-0.25, -0.2) is 8.42 Å². The van der Waals surface area contributed by atoms with Gasteiger partial charge < -0.3 is 15.0 Å². The average molecular weight is 438 g/mol. The monoisotopic (exact) mass is 437 g/mol. The van der Waals surface area contributed by atoms with Crippen LogP contribution in [0, 0.1) is 0 Å². The second-order valence-corrected chi connectivity index (χ2v) is 9.23. The van der Waals surface area contributed by atoms with Gasteiger partial charge >= 0.3 is 0 Å². The first kappa shape index (κ1) is 21.3. The molecule has 1 aliphatic heterocycles. The lowest BCUT2D eigenvalue weighted by Crippen LogP contribution is -2.52. The van der Waals surface area contributed by atoms with Crippen molar-refractivity contribution in [1.29, 1.82) is 0 Å². The summed E-state index contributed by atoms with van der Waals surface area (Å²) in [5, 5.41) is 4.39. The molecule has 0 unspecified atom stereocenters. The Balaban J connectivity index is 1.52. The van der Waals surface area contributed by atoms with Crippen molar-refractivity contribution in [3.63, 3.8) is 0 Å². The van der Waals surface area contributed by atoms with Crippen molar-refractivity contribution in [3.05, 3.63) is 46.7 Å². The Morgan fingerprint density at radius 1 is 1.10 bits per heavy atom. The van der Waals surface area contributed by atoms with Crippen LogP contribution in [0.1, 0.15) is 16.6 Å². The fourth-order valence-electron chi connectivity index (χ4n) is 2.96. The fourth-order valence-corrected chi connectivity index (χ4v) is 5.03. The van der Waals surface area contributed by atoms with E-state index in [0.29, 0.717) is 17.2 Å². The van der Waals surface area contributed by atoms with Gasteiger partial charge in [0.2, 0.25) is 15.9 Å². The third kappa shape index (κ3) is 5.14. The number of nitrogens with one attached hydrogen (secondary N) is 1. The smallest absolute Gasteiger partial charge is 0.261 e. The minimum atomic E-state index is -3.63. The third-order valence-corrected chi connectivity index (χ3v) is 7.29. The number of benzene rings is 1. The van der Waals surface area contributed by atoms with Crippen LogP contribution in [0.25, 0.3) is 0 Å². The Morgan fingerprint density at radius 3 is 2.38 bits per heavy atom. The van der Waals surface area contributed by atoms with Crippen molar-refractivity contribution in [2.45, 2.75) is 11.8 Å². The lowest BCUT2D eigenvalue weighted by atomic mass is 10.3. The quantitative estimate of drug-likeness (QED) is 0.707. The highest BCUT2D eigenvalue weighted by Crippen LogP contribution is 2.21. The summed E-state index contributed by atoms with van der Waals surface area (Å²) in [5.41, 5.74) is 0. The predicted molar refractivity (Wildman–Crippen MR) is 110 cm³/mol. The molecule has 1 aromatic carbocycles. The van der Waals surface area contributed by atoms with Gasteiger partial charge in [-0.3, -0.25) is 9.59 Å². The minimum absolute atomic E-state index is 0.109. The highest BCUT2D eigenvalue weighted by Gasteiger charge is 2.30. The van der Waals surface area contributed by atoms with E-state index in [1.807, 2.05) is 6.92 Å². The molecule has 0 spiro atoms. The Labute approximate surface area is 174 Å². The largest absolute Gasteiger partial charge is 0.494 e. The number of sulfonamides is 1. The highest BCUT2D eigenvalue weighted by molar-refractivity contribution is 7.89. The van der Waals surface area contributed by atoms with Crippen molar-refractivity contribution in [2.24, 2.45) is 0 Å². The van der Waals surface area contributed by atoms with Gasteiger partial charge in [0, 0.05) is 26.2 Å². The Kier molecular flexibility index (Phi) is 6.88. The van der Waals surface area contributed by atoms with Gasteiger partial charge in [-0.1, -0.05) is 6.07 Å². The molecule has 1 aliphatic rings. The molecule has 29 heavy (non-hydrogen) atoms. The molecule has 1 fully saturated rings. The number of rotatable bonds is 7. The number of ether oxygens (including phenoxy) is 1. The summed E-state index contributed by atoms with van der Waals surface area (Å²) < 4.78 is 32.3. The number of carbonyl (C=O) groups is 2. The number of carbonyl (C=O) groups excluding carboxylic acids is 2. The van der Waals surface area contributed by atoms with Crippen LogP contribution < -0.4 is 10.1 Å². The van der Waals surface area contributed by atoms with Crippen LogP contribution >= 0.6 is 11.3 Å². The Morgan fingerprint density at radius 2 is 1.79 bits per heavy atom. The van der Waals surface area contributed by atoms with E-state index in [0.717, 1.165) is 0 Å². The maximum Gasteiger partial charge on any atom is 0.261 e. The Bertz CT molecular complexity index is 935. The molecule has 3 rings (SSSR count). The Hall–Kier alpha value is -2.43. The number of nitrogens with zero attached hydrogens (tertiary/aromatic N) is 2. The van der Waals surface area contributed by atoms with Gasteiger partial charge in [-0.2, -0.15) is 4.31 Å². The molecule has 0 atom stereocenters. The number of hydrogen-bond acceptors (Lipinski definition) is 6. The van der Waals surface area contributed by atoms with Crippen LogP contribution in [0.5, 0.6) is 5.75 Å². The van der Waals surface area contributed by atoms with Gasteiger partial charge in [-0.15, -0.1) is 11.3 Å². The number of amides is 2. The van der Waals surface area contributed by atoms with Gasteiger partial charge in [-0.05, 0) is 42.6 Å². The first-order valence-electron chi connectivity index (χ1n) is 9.24. The average Bonchev–Trinajstić information content (AvgIpc) is 3.27. The molecule has 8 nitrogen and oxygen atoms in total. The molecule has 1 aromatic heterocycles. The topological polar surface area (TPSA) is 96.0 Å². The van der Waals surface area contributed by atoms with E-state index in [1.54, 1.807) is 34.5 Å². The molecular weight excluding hydrogens is 414 g/mol. The number of hydrogen-bond donors (Lipinski definition) is 1. The first-order chi connectivity index (χ1) is 13.9. The minimum Gasteiger partial charge on any atom is -0.494 e. The van der Waals surface area contributed by atoms with Crippen LogP contribution in [-0.4, -0.2) is 68.8 Å². The maximum absolute atomic E-state index is 12.8. The lowest BCUT2D eigenvalue weighted by molar-refractivity contribution is -0.131. The number of thiophene rings is 1. The summed E-state index contributed by atoms with van der Waals surface area (Å²) >= 11 is 1.30. The summed E-state index contributed by atoms with van der Waals surface area (Å²) in [5.74, 6) is 0.101. The van der Waals surface area contributed by atoms with Gasteiger partial charge in [0.1, 0.15) is 5.75 Å². The molecule has 0 aliphatic carbocycles. The van der Waals surface area contributed by atoms with Crippen molar-refractivity contribution in [1.82, 2.24) is 14.5 Å². The van der Waals surface area contributed by atoms with Crippen LogP contribution in [-0.2, 0) is 14.8 Å². The summed E-state index contributed by atoms with van der Waals surface area (Å²) in [6.45, 7) is 3.24. The van der Waals surface area contributed by atoms with Crippen LogP contribution in [0.2, 0.25) is 0 Å². The molecule has 1 N–H and O–H groups in total. The van der Waals surface area contributed by atoms with E-state index in [1.165, 1.54) is 27.8 Å². The normalized spacial score (nSPS) is 15.1. The molecule has 2 heterocycles.